The first-order chi connectivity index (χ1) is 11.3. The molecule has 0 aromatic heterocycles. The van der Waals surface area contributed by atoms with Crippen molar-refractivity contribution in [3.63, 3.8) is 0 Å². The topological polar surface area (TPSA) is 75.1 Å². The Bertz CT molecular complexity index is 432. The van der Waals surface area contributed by atoms with Crippen LogP contribution in [0.4, 0.5) is 0 Å². The Balaban J connectivity index is 0.00000529. The molecule has 3 N–H and O–H groups in total. The zero-order chi connectivity index (χ0) is 16.8. The molecule has 0 amide bonds. The standard InChI is InChI=1S/C17H29N3O3.HI/c1-18-17(19-9-6-10-23-12-11-22-2)20-13-16(14-21)15-7-4-3-5-8-15;/h3-5,7-8,16,21H,6,9-14H2,1-2H3,(H2,18,19,20);1H. The lowest BCUT2D eigenvalue weighted by Gasteiger charge is -2.18. The van der Waals surface area contributed by atoms with E-state index in [4.69, 9.17) is 9.47 Å². The highest BCUT2D eigenvalue weighted by Crippen LogP contribution is 2.13. The smallest absolute Gasteiger partial charge is 0.191 e. The number of ether oxygens (including phenoxy) is 2. The lowest BCUT2D eigenvalue weighted by Crippen LogP contribution is -2.40. The van der Waals surface area contributed by atoms with Crippen LogP contribution in [0.2, 0.25) is 0 Å². The zero-order valence-corrected chi connectivity index (χ0v) is 16.9. The van der Waals surface area contributed by atoms with E-state index in [0.29, 0.717) is 26.4 Å². The molecule has 24 heavy (non-hydrogen) atoms. The molecule has 6 nitrogen and oxygen atoms in total. The normalized spacial score (nSPS) is 12.4. The third kappa shape index (κ3) is 10.1. The molecular formula is C17H30IN3O3. The first-order valence-corrected chi connectivity index (χ1v) is 7.98. The maximum atomic E-state index is 9.55. The fraction of sp³-hybridized carbons (Fsp3) is 0.588. The second kappa shape index (κ2) is 15.6. The number of nitrogens with one attached hydrogen (secondary N) is 2. The van der Waals surface area contributed by atoms with Gasteiger partial charge in [-0.25, -0.2) is 0 Å². The minimum atomic E-state index is 0. The van der Waals surface area contributed by atoms with Crippen LogP contribution in [0, 0.1) is 0 Å². The molecule has 1 rings (SSSR count). The van der Waals surface area contributed by atoms with Gasteiger partial charge in [0.05, 0.1) is 19.8 Å². The molecule has 0 radical (unpaired) electrons. The molecule has 0 aliphatic rings. The van der Waals surface area contributed by atoms with Gasteiger partial charge in [-0.1, -0.05) is 30.3 Å². The summed E-state index contributed by atoms with van der Waals surface area (Å²) in [6.07, 6.45) is 0.895. The molecule has 0 aliphatic heterocycles. The van der Waals surface area contributed by atoms with Crippen LogP contribution in [0.25, 0.3) is 0 Å². The van der Waals surface area contributed by atoms with Crippen molar-refractivity contribution < 1.29 is 14.6 Å². The number of aliphatic imine (C=N–C) groups is 1. The molecule has 7 heteroatoms. The van der Waals surface area contributed by atoms with E-state index >= 15 is 0 Å². The van der Waals surface area contributed by atoms with Gasteiger partial charge in [-0.05, 0) is 12.0 Å². The second-order valence-corrected chi connectivity index (χ2v) is 5.13. The lowest BCUT2D eigenvalue weighted by atomic mass is 10.0. The van der Waals surface area contributed by atoms with E-state index in [1.807, 2.05) is 30.3 Å². The monoisotopic (exact) mass is 451 g/mol. The van der Waals surface area contributed by atoms with Crippen molar-refractivity contribution in [3.05, 3.63) is 35.9 Å². The molecule has 1 atom stereocenters. The minimum Gasteiger partial charge on any atom is -0.396 e. The summed E-state index contributed by atoms with van der Waals surface area (Å²) in [5.74, 6) is 0.781. The van der Waals surface area contributed by atoms with E-state index in [9.17, 15) is 5.11 Å². The van der Waals surface area contributed by atoms with E-state index in [0.717, 1.165) is 24.5 Å². The summed E-state index contributed by atoms with van der Waals surface area (Å²) in [6.45, 7) is 3.45. The zero-order valence-electron chi connectivity index (χ0n) is 14.5. The highest BCUT2D eigenvalue weighted by molar-refractivity contribution is 14.0. The number of hydrogen-bond acceptors (Lipinski definition) is 4. The maximum Gasteiger partial charge on any atom is 0.191 e. The third-order valence-corrected chi connectivity index (χ3v) is 3.42. The van der Waals surface area contributed by atoms with Gasteiger partial charge in [0, 0.05) is 39.8 Å². The molecule has 1 aromatic carbocycles. The molecule has 0 fully saturated rings. The number of aliphatic hydroxyl groups excluding tert-OH is 1. The summed E-state index contributed by atoms with van der Waals surface area (Å²) >= 11 is 0. The summed E-state index contributed by atoms with van der Waals surface area (Å²) in [4.78, 5) is 4.19. The van der Waals surface area contributed by atoms with Crippen LogP contribution < -0.4 is 10.6 Å². The number of guanidine groups is 1. The lowest BCUT2D eigenvalue weighted by molar-refractivity contribution is 0.0698. The van der Waals surface area contributed by atoms with Crippen molar-refractivity contribution in [2.24, 2.45) is 4.99 Å². The summed E-state index contributed by atoms with van der Waals surface area (Å²) in [5, 5.41) is 16.0. The van der Waals surface area contributed by atoms with Crippen molar-refractivity contribution in [1.82, 2.24) is 10.6 Å². The van der Waals surface area contributed by atoms with E-state index < -0.39 is 0 Å². The van der Waals surface area contributed by atoms with E-state index in [1.165, 1.54) is 0 Å². The van der Waals surface area contributed by atoms with Gasteiger partial charge in [-0.15, -0.1) is 24.0 Å². The summed E-state index contributed by atoms with van der Waals surface area (Å²) < 4.78 is 10.3. The Kier molecular flexibility index (Phi) is 15.0. The van der Waals surface area contributed by atoms with Crippen LogP contribution in [0.3, 0.4) is 0 Å². The van der Waals surface area contributed by atoms with Crippen molar-refractivity contribution in [2.75, 3.05) is 53.7 Å². The van der Waals surface area contributed by atoms with Crippen molar-refractivity contribution in [2.45, 2.75) is 12.3 Å². The fourth-order valence-electron chi connectivity index (χ4n) is 2.08. The average molecular weight is 451 g/mol. The van der Waals surface area contributed by atoms with Crippen molar-refractivity contribution in [3.8, 4) is 0 Å². The molecular weight excluding hydrogens is 421 g/mol. The van der Waals surface area contributed by atoms with Crippen molar-refractivity contribution >= 4 is 29.9 Å². The van der Waals surface area contributed by atoms with E-state index in [1.54, 1.807) is 14.2 Å². The predicted molar refractivity (Wildman–Crippen MR) is 108 cm³/mol. The number of benzene rings is 1. The maximum absolute atomic E-state index is 9.55. The average Bonchev–Trinajstić information content (AvgIpc) is 2.60. The molecule has 138 valence electrons. The number of rotatable bonds is 11. The van der Waals surface area contributed by atoms with Crippen LogP contribution in [0.5, 0.6) is 0 Å². The van der Waals surface area contributed by atoms with Crippen LogP contribution in [0.15, 0.2) is 35.3 Å². The molecule has 0 spiro atoms. The van der Waals surface area contributed by atoms with Crippen LogP contribution in [0.1, 0.15) is 17.9 Å². The van der Waals surface area contributed by atoms with Crippen LogP contribution in [-0.2, 0) is 9.47 Å². The first-order valence-electron chi connectivity index (χ1n) is 7.98. The summed E-state index contributed by atoms with van der Waals surface area (Å²) in [5.41, 5.74) is 1.12. The molecule has 0 aliphatic carbocycles. The largest absolute Gasteiger partial charge is 0.396 e. The van der Waals surface area contributed by atoms with Crippen LogP contribution in [-0.4, -0.2) is 64.7 Å². The van der Waals surface area contributed by atoms with Crippen LogP contribution >= 0.6 is 24.0 Å². The Morgan fingerprint density at radius 2 is 1.92 bits per heavy atom. The Morgan fingerprint density at radius 3 is 2.54 bits per heavy atom. The van der Waals surface area contributed by atoms with Gasteiger partial charge in [0.2, 0.25) is 0 Å². The molecule has 1 aromatic rings. The first kappa shape index (κ1) is 23.1. The summed E-state index contributed by atoms with van der Waals surface area (Å²) in [7, 11) is 3.40. The molecule has 0 saturated carbocycles. The third-order valence-electron chi connectivity index (χ3n) is 3.42. The number of methoxy groups -OCH3 is 1. The van der Waals surface area contributed by atoms with Gasteiger partial charge in [0.25, 0.3) is 0 Å². The quantitative estimate of drug-likeness (QED) is 0.206. The summed E-state index contributed by atoms with van der Waals surface area (Å²) in [6, 6.07) is 9.98. The Morgan fingerprint density at radius 1 is 1.17 bits per heavy atom. The Labute approximate surface area is 162 Å². The van der Waals surface area contributed by atoms with Gasteiger partial charge < -0.3 is 25.2 Å². The van der Waals surface area contributed by atoms with Gasteiger partial charge >= 0.3 is 0 Å². The number of nitrogens with zero attached hydrogens (tertiary/aromatic N) is 1. The number of hydrogen-bond donors (Lipinski definition) is 3. The number of aliphatic hydroxyl groups is 1. The molecule has 0 bridgehead atoms. The van der Waals surface area contributed by atoms with E-state index in [-0.39, 0.29) is 36.5 Å². The predicted octanol–water partition coefficient (Wildman–Crippen LogP) is 1.60. The molecule has 0 saturated heterocycles. The van der Waals surface area contributed by atoms with E-state index in [2.05, 4.69) is 15.6 Å². The van der Waals surface area contributed by atoms with Gasteiger partial charge in [0.15, 0.2) is 5.96 Å². The SMILES string of the molecule is CN=C(NCCCOCCOC)NCC(CO)c1ccccc1.I. The highest BCUT2D eigenvalue weighted by atomic mass is 127. The second-order valence-electron chi connectivity index (χ2n) is 5.13. The number of halogens is 1. The van der Waals surface area contributed by atoms with Gasteiger partial charge in [-0.2, -0.15) is 0 Å². The molecule has 1 unspecified atom stereocenters. The van der Waals surface area contributed by atoms with Gasteiger partial charge in [-0.3, -0.25) is 4.99 Å². The minimum absolute atomic E-state index is 0. The highest BCUT2D eigenvalue weighted by Gasteiger charge is 2.10. The fourth-order valence-corrected chi connectivity index (χ4v) is 2.08. The van der Waals surface area contributed by atoms with Gasteiger partial charge in [0.1, 0.15) is 0 Å². The van der Waals surface area contributed by atoms with Crippen molar-refractivity contribution in [1.29, 1.82) is 0 Å². The molecule has 0 heterocycles. The Hall–Kier alpha value is -0.900.